The topological polar surface area (TPSA) is 66.5 Å². The number of benzene rings is 2. The van der Waals surface area contributed by atoms with Gasteiger partial charge in [0, 0.05) is 4.90 Å². The molecule has 1 aliphatic heterocycles. The van der Waals surface area contributed by atoms with Crippen molar-refractivity contribution in [2.45, 2.75) is 17.9 Å². The SMILES string of the molecule is CSc1ccccc1NC(=O)[C@H](C)N1C(=O)c2ccccc2C1=O. The molecule has 1 heterocycles. The minimum atomic E-state index is -0.896. The van der Waals surface area contributed by atoms with Crippen LogP contribution in [0.5, 0.6) is 0 Å². The van der Waals surface area contributed by atoms with Crippen molar-refractivity contribution in [2.24, 2.45) is 0 Å². The predicted octanol–water partition coefficient (Wildman–Crippen LogP) is 3.03. The summed E-state index contributed by atoms with van der Waals surface area (Å²) in [7, 11) is 0. The maximum Gasteiger partial charge on any atom is 0.262 e. The van der Waals surface area contributed by atoms with Crippen LogP contribution >= 0.6 is 11.8 Å². The monoisotopic (exact) mass is 340 g/mol. The largest absolute Gasteiger partial charge is 0.323 e. The highest BCUT2D eigenvalue weighted by Gasteiger charge is 2.40. The third-order valence-corrected chi connectivity index (χ3v) is 4.75. The number of thioether (sulfide) groups is 1. The van der Waals surface area contributed by atoms with E-state index in [-0.39, 0.29) is 0 Å². The zero-order chi connectivity index (χ0) is 17.3. The molecule has 6 heteroatoms. The second kappa shape index (κ2) is 6.49. The second-order valence-electron chi connectivity index (χ2n) is 5.39. The molecule has 0 fully saturated rings. The van der Waals surface area contributed by atoms with Crippen LogP contribution in [-0.2, 0) is 4.79 Å². The summed E-state index contributed by atoms with van der Waals surface area (Å²) in [6.45, 7) is 1.55. The van der Waals surface area contributed by atoms with E-state index in [0.29, 0.717) is 16.8 Å². The van der Waals surface area contributed by atoms with Crippen molar-refractivity contribution in [1.82, 2.24) is 4.90 Å². The Hall–Kier alpha value is -2.60. The molecule has 1 N–H and O–H groups in total. The Morgan fingerprint density at radius 3 is 2.12 bits per heavy atom. The van der Waals surface area contributed by atoms with Gasteiger partial charge in [0.25, 0.3) is 11.8 Å². The van der Waals surface area contributed by atoms with Gasteiger partial charge in [-0.25, -0.2) is 0 Å². The van der Waals surface area contributed by atoms with Crippen molar-refractivity contribution in [2.75, 3.05) is 11.6 Å². The van der Waals surface area contributed by atoms with E-state index in [1.165, 1.54) is 11.8 Å². The second-order valence-corrected chi connectivity index (χ2v) is 6.24. The van der Waals surface area contributed by atoms with Crippen LogP contribution in [0.1, 0.15) is 27.6 Å². The molecule has 122 valence electrons. The van der Waals surface area contributed by atoms with Gasteiger partial charge in [0.15, 0.2) is 0 Å². The molecule has 0 aliphatic carbocycles. The maximum atomic E-state index is 12.5. The van der Waals surface area contributed by atoms with E-state index in [2.05, 4.69) is 5.32 Å². The Morgan fingerprint density at radius 1 is 1.00 bits per heavy atom. The molecule has 1 atom stereocenters. The van der Waals surface area contributed by atoms with E-state index in [4.69, 9.17) is 0 Å². The average Bonchev–Trinajstić information content (AvgIpc) is 2.86. The minimum Gasteiger partial charge on any atom is -0.323 e. The molecule has 0 saturated carbocycles. The zero-order valence-corrected chi connectivity index (χ0v) is 14.1. The summed E-state index contributed by atoms with van der Waals surface area (Å²) in [5, 5.41) is 2.80. The Morgan fingerprint density at radius 2 is 1.54 bits per heavy atom. The van der Waals surface area contributed by atoms with Gasteiger partial charge in [-0.05, 0) is 37.4 Å². The van der Waals surface area contributed by atoms with Gasteiger partial charge >= 0.3 is 0 Å². The number of carbonyl (C=O) groups excluding carboxylic acids is 3. The summed E-state index contributed by atoms with van der Waals surface area (Å²) >= 11 is 1.51. The smallest absolute Gasteiger partial charge is 0.262 e. The molecule has 0 bridgehead atoms. The molecular weight excluding hydrogens is 324 g/mol. The summed E-state index contributed by atoms with van der Waals surface area (Å²) in [4.78, 5) is 39.4. The predicted molar refractivity (Wildman–Crippen MR) is 93.3 cm³/mol. The van der Waals surface area contributed by atoms with Crippen LogP contribution in [0.4, 0.5) is 5.69 Å². The number of amides is 3. The Labute approximate surface area is 144 Å². The van der Waals surface area contributed by atoms with Crippen molar-refractivity contribution in [3.8, 4) is 0 Å². The first-order chi connectivity index (χ1) is 11.5. The Balaban J connectivity index is 1.82. The molecule has 0 saturated heterocycles. The number of anilines is 1. The van der Waals surface area contributed by atoms with Crippen LogP contribution in [0, 0.1) is 0 Å². The van der Waals surface area contributed by atoms with Gasteiger partial charge in [0.05, 0.1) is 16.8 Å². The van der Waals surface area contributed by atoms with Crippen LogP contribution in [-0.4, -0.2) is 34.9 Å². The first kappa shape index (κ1) is 16.3. The van der Waals surface area contributed by atoms with E-state index < -0.39 is 23.8 Å². The summed E-state index contributed by atoms with van der Waals surface area (Å²) in [6, 6.07) is 13.1. The lowest BCUT2D eigenvalue weighted by atomic mass is 10.1. The maximum absolute atomic E-state index is 12.5. The lowest BCUT2D eigenvalue weighted by molar-refractivity contribution is -0.119. The summed E-state index contributed by atoms with van der Waals surface area (Å²) in [6.07, 6.45) is 1.92. The van der Waals surface area contributed by atoms with Crippen LogP contribution < -0.4 is 5.32 Å². The molecule has 0 radical (unpaired) electrons. The number of fused-ring (bicyclic) bond motifs is 1. The van der Waals surface area contributed by atoms with Gasteiger partial charge < -0.3 is 5.32 Å². The van der Waals surface area contributed by atoms with Crippen molar-refractivity contribution >= 4 is 35.2 Å². The van der Waals surface area contributed by atoms with E-state index in [0.717, 1.165) is 9.80 Å². The number of para-hydroxylation sites is 1. The third-order valence-electron chi connectivity index (χ3n) is 3.96. The number of nitrogens with one attached hydrogen (secondary N) is 1. The average molecular weight is 340 g/mol. The number of imide groups is 1. The van der Waals surface area contributed by atoms with Crippen LogP contribution in [0.25, 0.3) is 0 Å². The van der Waals surface area contributed by atoms with E-state index in [9.17, 15) is 14.4 Å². The van der Waals surface area contributed by atoms with Crippen LogP contribution in [0.3, 0.4) is 0 Å². The standard InChI is InChI=1S/C18H16N2O3S/c1-11(16(21)19-14-9-5-6-10-15(14)24-2)20-17(22)12-7-3-4-8-13(12)18(20)23/h3-11H,1-2H3,(H,19,21)/t11-/m0/s1. The van der Waals surface area contributed by atoms with Gasteiger partial charge in [-0.3, -0.25) is 19.3 Å². The molecule has 0 aromatic heterocycles. The van der Waals surface area contributed by atoms with Gasteiger partial charge in [-0.2, -0.15) is 0 Å². The summed E-state index contributed by atoms with van der Waals surface area (Å²) in [5.74, 6) is -1.26. The number of hydrogen-bond donors (Lipinski definition) is 1. The normalized spacial score (nSPS) is 14.5. The molecule has 0 spiro atoms. The molecule has 1 aliphatic rings. The van der Waals surface area contributed by atoms with Gasteiger partial charge in [0.2, 0.25) is 5.91 Å². The van der Waals surface area contributed by atoms with Crippen molar-refractivity contribution < 1.29 is 14.4 Å². The van der Waals surface area contributed by atoms with Crippen molar-refractivity contribution in [1.29, 1.82) is 0 Å². The van der Waals surface area contributed by atoms with Crippen molar-refractivity contribution in [3.63, 3.8) is 0 Å². The fraction of sp³-hybridized carbons (Fsp3) is 0.167. The Bertz CT molecular complexity index is 800. The number of carbonyl (C=O) groups is 3. The van der Waals surface area contributed by atoms with Crippen LogP contribution in [0.2, 0.25) is 0 Å². The van der Waals surface area contributed by atoms with Gasteiger partial charge in [-0.15, -0.1) is 11.8 Å². The third kappa shape index (κ3) is 2.69. The lowest BCUT2D eigenvalue weighted by Crippen LogP contribution is -2.45. The van der Waals surface area contributed by atoms with Crippen molar-refractivity contribution in [3.05, 3.63) is 59.7 Å². The minimum absolute atomic E-state index is 0.340. The van der Waals surface area contributed by atoms with E-state index in [1.807, 2.05) is 24.5 Å². The lowest BCUT2D eigenvalue weighted by Gasteiger charge is -2.22. The Kier molecular flexibility index (Phi) is 4.40. The molecule has 2 aromatic rings. The highest BCUT2D eigenvalue weighted by molar-refractivity contribution is 7.98. The molecule has 0 unspecified atom stereocenters. The number of nitrogens with zero attached hydrogens (tertiary/aromatic N) is 1. The molecule has 5 nitrogen and oxygen atoms in total. The molecule has 24 heavy (non-hydrogen) atoms. The van der Waals surface area contributed by atoms with E-state index in [1.54, 1.807) is 37.3 Å². The summed E-state index contributed by atoms with van der Waals surface area (Å²) < 4.78 is 0. The first-order valence-corrected chi connectivity index (χ1v) is 8.68. The van der Waals surface area contributed by atoms with Gasteiger partial charge in [-0.1, -0.05) is 24.3 Å². The zero-order valence-electron chi connectivity index (χ0n) is 13.3. The fourth-order valence-corrected chi connectivity index (χ4v) is 3.22. The molecule has 3 amide bonds. The number of rotatable bonds is 4. The highest BCUT2D eigenvalue weighted by atomic mass is 32.2. The summed E-state index contributed by atoms with van der Waals surface area (Å²) in [5.41, 5.74) is 1.34. The number of hydrogen-bond acceptors (Lipinski definition) is 4. The molecule has 2 aromatic carbocycles. The first-order valence-electron chi connectivity index (χ1n) is 7.45. The highest BCUT2D eigenvalue weighted by Crippen LogP contribution is 2.27. The molecule has 3 rings (SSSR count). The quantitative estimate of drug-likeness (QED) is 0.686. The molecular formula is C18H16N2O3S. The fourth-order valence-electron chi connectivity index (χ4n) is 2.66. The van der Waals surface area contributed by atoms with Crippen LogP contribution in [0.15, 0.2) is 53.4 Å². The van der Waals surface area contributed by atoms with E-state index >= 15 is 0 Å². The van der Waals surface area contributed by atoms with Gasteiger partial charge in [0.1, 0.15) is 6.04 Å².